The van der Waals surface area contributed by atoms with Crippen LogP contribution in [-0.4, -0.2) is 48.8 Å². The molecule has 0 aromatic carbocycles. The molecule has 0 aliphatic carbocycles. The number of likely N-dealkylation sites (tertiary alicyclic amines) is 1. The fraction of sp³-hybridized carbons (Fsp3) is 0.722. The third-order valence-electron chi connectivity index (χ3n) is 4.86. The Balaban J connectivity index is 1.63. The van der Waals surface area contributed by atoms with Crippen molar-refractivity contribution in [3.05, 3.63) is 23.7 Å². The summed E-state index contributed by atoms with van der Waals surface area (Å²) in [4.78, 5) is 14.4. The Morgan fingerprint density at radius 3 is 2.67 bits per heavy atom. The molecule has 1 atom stereocenters. The molecule has 1 aliphatic heterocycles. The minimum atomic E-state index is -1.21. The predicted molar refractivity (Wildman–Crippen MR) is 93.9 cm³/mol. The van der Waals surface area contributed by atoms with Gasteiger partial charge in [-0.25, -0.2) is 4.79 Å². The minimum absolute atomic E-state index is 0.112. The third kappa shape index (κ3) is 5.53. The Hall–Kier alpha value is -1.53. The molecule has 136 valence electrons. The Kier molecular flexibility index (Phi) is 6.69. The first-order valence-corrected chi connectivity index (χ1v) is 8.94. The van der Waals surface area contributed by atoms with Crippen LogP contribution >= 0.6 is 0 Å². The lowest BCUT2D eigenvalue weighted by Gasteiger charge is -2.31. The number of hydrogen-bond acceptors (Lipinski definition) is 4. The normalized spacial score (nSPS) is 19.0. The number of amides is 2. The van der Waals surface area contributed by atoms with E-state index in [9.17, 15) is 9.90 Å². The van der Waals surface area contributed by atoms with Crippen LogP contribution in [0.2, 0.25) is 0 Å². The lowest BCUT2D eigenvalue weighted by atomic mass is 9.93. The van der Waals surface area contributed by atoms with Gasteiger partial charge in [0.1, 0.15) is 17.1 Å². The average molecular weight is 337 g/mol. The van der Waals surface area contributed by atoms with Crippen molar-refractivity contribution in [2.75, 3.05) is 32.7 Å². The van der Waals surface area contributed by atoms with Crippen molar-refractivity contribution < 1.29 is 14.3 Å². The number of nitrogens with zero attached hydrogens (tertiary/aromatic N) is 1. The molecule has 2 amide bonds. The summed E-state index contributed by atoms with van der Waals surface area (Å²) in [6, 6.07) is 3.29. The number of aliphatic hydroxyl groups is 1. The zero-order valence-corrected chi connectivity index (χ0v) is 15.1. The summed E-state index contributed by atoms with van der Waals surface area (Å²) in [6.45, 7) is 9.90. The molecule has 6 nitrogen and oxygen atoms in total. The first-order chi connectivity index (χ1) is 11.4. The van der Waals surface area contributed by atoms with Crippen LogP contribution in [0.3, 0.4) is 0 Å². The van der Waals surface area contributed by atoms with E-state index in [-0.39, 0.29) is 12.6 Å². The summed E-state index contributed by atoms with van der Waals surface area (Å²) in [5.41, 5.74) is -1.21. The van der Waals surface area contributed by atoms with Gasteiger partial charge in [0.15, 0.2) is 0 Å². The Morgan fingerprint density at radius 2 is 2.08 bits per heavy atom. The van der Waals surface area contributed by atoms with E-state index in [4.69, 9.17) is 4.42 Å². The number of piperidine rings is 1. The molecule has 0 saturated carbocycles. The average Bonchev–Trinajstić information content (AvgIpc) is 3.01. The molecular formula is C18H31N3O3. The van der Waals surface area contributed by atoms with Crippen molar-refractivity contribution in [3.63, 3.8) is 0 Å². The summed E-state index contributed by atoms with van der Waals surface area (Å²) in [7, 11) is 0. The van der Waals surface area contributed by atoms with E-state index in [1.54, 1.807) is 19.1 Å². The molecule has 24 heavy (non-hydrogen) atoms. The molecule has 1 aliphatic rings. The van der Waals surface area contributed by atoms with Gasteiger partial charge in [0, 0.05) is 6.54 Å². The van der Waals surface area contributed by atoms with Gasteiger partial charge in [-0.1, -0.05) is 6.92 Å². The topological polar surface area (TPSA) is 77.7 Å². The van der Waals surface area contributed by atoms with E-state index >= 15 is 0 Å². The number of carbonyl (C=O) groups is 1. The lowest BCUT2D eigenvalue weighted by molar-refractivity contribution is 0.0359. The maximum atomic E-state index is 11.9. The van der Waals surface area contributed by atoms with E-state index < -0.39 is 5.60 Å². The van der Waals surface area contributed by atoms with Gasteiger partial charge in [0.05, 0.1) is 6.54 Å². The van der Waals surface area contributed by atoms with Crippen molar-refractivity contribution in [3.8, 4) is 0 Å². The second-order valence-electron chi connectivity index (χ2n) is 6.96. The van der Waals surface area contributed by atoms with Gasteiger partial charge in [0.2, 0.25) is 0 Å². The van der Waals surface area contributed by atoms with Gasteiger partial charge < -0.3 is 25.1 Å². The lowest BCUT2D eigenvalue weighted by Crippen LogP contribution is -2.44. The summed E-state index contributed by atoms with van der Waals surface area (Å²) in [6.07, 6.45) is 3.44. The van der Waals surface area contributed by atoms with Crippen LogP contribution in [-0.2, 0) is 5.60 Å². The fourth-order valence-corrected chi connectivity index (χ4v) is 3.11. The predicted octanol–water partition coefficient (Wildman–Crippen LogP) is 2.22. The quantitative estimate of drug-likeness (QED) is 0.713. The Morgan fingerprint density at radius 1 is 1.38 bits per heavy atom. The minimum Gasteiger partial charge on any atom is -0.463 e. The maximum Gasteiger partial charge on any atom is 0.314 e. The molecule has 0 radical (unpaired) electrons. The zero-order valence-electron chi connectivity index (χ0n) is 15.1. The molecule has 0 bridgehead atoms. The number of urea groups is 1. The second kappa shape index (κ2) is 8.53. The van der Waals surface area contributed by atoms with Gasteiger partial charge in [-0.3, -0.25) is 0 Å². The standard InChI is InChI=1S/C18H31N3O3/c1-4-21-11-8-15(9-12-21)7-10-19-17(22)20-13-18(3,23)16-6-5-14(2)24-16/h5-6,15,23H,4,7-13H2,1-3H3,(H2,19,20,22). The highest BCUT2D eigenvalue weighted by Gasteiger charge is 2.27. The summed E-state index contributed by atoms with van der Waals surface area (Å²) < 4.78 is 5.43. The molecule has 1 saturated heterocycles. The number of rotatable bonds is 7. The fourth-order valence-electron chi connectivity index (χ4n) is 3.11. The van der Waals surface area contributed by atoms with E-state index in [1.807, 2.05) is 6.92 Å². The highest BCUT2D eigenvalue weighted by molar-refractivity contribution is 5.73. The molecule has 1 unspecified atom stereocenters. The summed E-state index contributed by atoms with van der Waals surface area (Å²) in [5, 5.41) is 16.0. The second-order valence-corrected chi connectivity index (χ2v) is 6.96. The van der Waals surface area contributed by atoms with Gasteiger partial charge in [-0.15, -0.1) is 0 Å². The molecule has 1 aromatic heterocycles. The largest absolute Gasteiger partial charge is 0.463 e. The molecule has 2 heterocycles. The van der Waals surface area contributed by atoms with Crippen LogP contribution in [0.25, 0.3) is 0 Å². The molecule has 2 rings (SSSR count). The van der Waals surface area contributed by atoms with Crippen LogP contribution in [0.1, 0.15) is 44.6 Å². The van der Waals surface area contributed by atoms with E-state index in [1.165, 1.54) is 25.9 Å². The smallest absolute Gasteiger partial charge is 0.314 e. The van der Waals surface area contributed by atoms with E-state index in [0.717, 1.165) is 18.7 Å². The number of nitrogens with one attached hydrogen (secondary N) is 2. The van der Waals surface area contributed by atoms with Crippen molar-refractivity contribution in [2.24, 2.45) is 5.92 Å². The van der Waals surface area contributed by atoms with Gasteiger partial charge in [-0.2, -0.15) is 0 Å². The Bertz CT molecular complexity index is 519. The third-order valence-corrected chi connectivity index (χ3v) is 4.86. The molecule has 1 fully saturated rings. The van der Waals surface area contributed by atoms with Gasteiger partial charge in [-0.05, 0) is 70.8 Å². The molecule has 3 N–H and O–H groups in total. The molecule has 1 aromatic rings. The van der Waals surface area contributed by atoms with Crippen molar-refractivity contribution >= 4 is 6.03 Å². The van der Waals surface area contributed by atoms with Gasteiger partial charge in [0.25, 0.3) is 0 Å². The monoisotopic (exact) mass is 337 g/mol. The number of furan rings is 1. The molecule has 0 spiro atoms. The highest BCUT2D eigenvalue weighted by atomic mass is 16.4. The van der Waals surface area contributed by atoms with Gasteiger partial charge >= 0.3 is 6.03 Å². The van der Waals surface area contributed by atoms with Crippen LogP contribution in [0.4, 0.5) is 4.79 Å². The van der Waals surface area contributed by atoms with Crippen molar-refractivity contribution in [1.82, 2.24) is 15.5 Å². The van der Waals surface area contributed by atoms with Crippen molar-refractivity contribution in [1.29, 1.82) is 0 Å². The molecular weight excluding hydrogens is 306 g/mol. The number of hydrogen-bond donors (Lipinski definition) is 3. The van der Waals surface area contributed by atoms with E-state index in [0.29, 0.717) is 18.2 Å². The van der Waals surface area contributed by atoms with E-state index in [2.05, 4.69) is 22.5 Å². The SMILES string of the molecule is CCN1CCC(CCNC(=O)NCC(C)(O)c2ccc(C)o2)CC1. The molecule has 6 heteroatoms. The first kappa shape index (κ1) is 18.8. The summed E-state index contributed by atoms with van der Waals surface area (Å²) >= 11 is 0. The zero-order chi connectivity index (χ0) is 17.6. The highest BCUT2D eigenvalue weighted by Crippen LogP contribution is 2.22. The summed E-state index contributed by atoms with van der Waals surface area (Å²) in [5.74, 6) is 1.90. The first-order valence-electron chi connectivity index (χ1n) is 8.94. The van der Waals surface area contributed by atoms with Crippen LogP contribution < -0.4 is 10.6 Å². The van der Waals surface area contributed by atoms with Crippen molar-refractivity contribution in [2.45, 2.75) is 45.6 Å². The number of aryl methyl sites for hydroxylation is 1. The van der Waals surface area contributed by atoms with Crippen LogP contribution in [0, 0.1) is 12.8 Å². The van der Waals surface area contributed by atoms with Crippen LogP contribution in [0.15, 0.2) is 16.5 Å². The number of carbonyl (C=O) groups excluding carboxylic acids is 1. The Labute approximate surface area is 144 Å². The maximum absolute atomic E-state index is 11.9. The van der Waals surface area contributed by atoms with Crippen LogP contribution in [0.5, 0.6) is 0 Å².